The molecule has 2 atom stereocenters. The van der Waals surface area contributed by atoms with E-state index in [4.69, 9.17) is 14.3 Å². The van der Waals surface area contributed by atoms with Gasteiger partial charge in [0.1, 0.15) is 23.9 Å². The van der Waals surface area contributed by atoms with E-state index in [1.165, 1.54) is 9.96 Å². The molecule has 2 saturated heterocycles. The lowest BCUT2D eigenvalue weighted by Crippen LogP contribution is -2.61. The van der Waals surface area contributed by atoms with E-state index < -0.39 is 35.5 Å². The van der Waals surface area contributed by atoms with Crippen LogP contribution in [0.15, 0.2) is 30.3 Å². The second kappa shape index (κ2) is 13.0. The van der Waals surface area contributed by atoms with Crippen molar-refractivity contribution in [3.8, 4) is 0 Å². The Labute approximate surface area is 232 Å². The number of nitrogens with one attached hydrogen (secondary N) is 1. The van der Waals surface area contributed by atoms with Crippen molar-refractivity contribution in [1.82, 2.24) is 20.2 Å². The number of hydroxylamine groups is 2. The molecule has 0 radical (unpaired) electrons. The standard InChI is InChI=1S/C29H46N4O6/c1-28(2,3)38-26(35)32-19-23(13-14-24(32)25(34)30-22-15-17-31(7)18-16-22)33(27(36)39-29(4,5)6)37-20-21-11-9-8-10-12-21/h8-12,22-24H,13-20H2,1-7H3,(H,30,34)/t23-,24+/m1/s1. The van der Waals surface area contributed by atoms with Gasteiger partial charge in [-0.1, -0.05) is 30.3 Å². The predicted octanol–water partition coefficient (Wildman–Crippen LogP) is 4.33. The zero-order chi connectivity index (χ0) is 28.8. The van der Waals surface area contributed by atoms with E-state index in [2.05, 4.69) is 17.3 Å². The van der Waals surface area contributed by atoms with Crippen molar-refractivity contribution in [1.29, 1.82) is 0 Å². The molecule has 10 heteroatoms. The van der Waals surface area contributed by atoms with Gasteiger partial charge in [-0.2, -0.15) is 5.06 Å². The molecule has 218 valence electrons. The highest BCUT2D eigenvalue weighted by Crippen LogP contribution is 2.27. The van der Waals surface area contributed by atoms with E-state index in [1.54, 1.807) is 41.5 Å². The molecule has 3 rings (SSSR count). The van der Waals surface area contributed by atoms with Crippen LogP contribution in [0, 0.1) is 0 Å². The largest absolute Gasteiger partial charge is 0.444 e. The van der Waals surface area contributed by atoms with Gasteiger partial charge in [0.25, 0.3) is 0 Å². The molecular weight excluding hydrogens is 500 g/mol. The summed E-state index contributed by atoms with van der Waals surface area (Å²) in [5.74, 6) is -0.192. The van der Waals surface area contributed by atoms with Gasteiger partial charge in [0.05, 0.1) is 6.04 Å². The molecule has 2 heterocycles. The van der Waals surface area contributed by atoms with E-state index in [9.17, 15) is 14.4 Å². The van der Waals surface area contributed by atoms with E-state index in [1.807, 2.05) is 30.3 Å². The number of benzene rings is 1. The van der Waals surface area contributed by atoms with E-state index in [-0.39, 0.29) is 25.1 Å². The van der Waals surface area contributed by atoms with Crippen molar-refractivity contribution < 1.29 is 28.7 Å². The number of nitrogens with zero attached hydrogens (tertiary/aromatic N) is 3. The molecule has 10 nitrogen and oxygen atoms in total. The predicted molar refractivity (Wildman–Crippen MR) is 148 cm³/mol. The summed E-state index contributed by atoms with van der Waals surface area (Å²) in [7, 11) is 2.07. The Morgan fingerprint density at radius 3 is 2.13 bits per heavy atom. The van der Waals surface area contributed by atoms with Crippen LogP contribution in [-0.4, -0.2) is 89.0 Å². The van der Waals surface area contributed by atoms with Crippen LogP contribution < -0.4 is 5.32 Å². The first-order valence-corrected chi connectivity index (χ1v) is 13.9. The number of carbonyl (C=O) groups excluding carboxylic acids is 3. The molecule has 0 saturated carbocycles. The van der Waals surface area contributed by atoms with Crippen molar-refractivity contribution in [2.45, 2.75) is 103 Å². The smallest absolute Gasteiger partial charge is 0.434 e. The first-order chi connectivity index (χ1) is 18.2. The number of hydrogen-bond donors (Lipinski definition) is 1. The highest BCUT2D eigenvalue weighted by atomic mass is 16.7. The number of piperidine rings is 2. The number of rotatable bonds is 6. The Hall–Kier alpha value is -2.85. The maximum Gasteiger partial charge on any atom is 0.434 e. The Morgan fingerprint density at radius 1 is 0.923 bits per heavy atom. The quantitative estimate of drug-likeness (QED) is 0.530. The number of hydrogen-bond acceptors (Lipinski definition) is 7. The minimum Gasteiger partial charge on any atom is -0.444 e. The van der Waals surface area contributed by atoms with Crippen LogP contribution in [0.2, 0.25) is 0 Å². The van der Waals surface area contributed by atoms with Gasteiger partial charge in [-0.05, 0) is 92.9 Å². The molecule has 3 amide bonds. The third-order valence-corrected chi connectivity index (χ3v) is 6.67. The average molecular weight is 547 g/mol. The summed E-state index contributed by atoms with van der Waals surface area (Å²) in [4.78, 5) is 49.7. The van der Waals surface area contributed by atoms with Crippen molar-refractivity contribution in [3.05, 3.63) is 35.9 Å². The molecule has 1 aromatic rings. The zero-order valence-corrected chi connectivity index (χ0v) is 24.6. The van der Waals surface area contributed by atoms with Crippen LogP contribution in [-0.2, 0) is 25.7 Å². The number of likely N-dealkylation sites (tertiary alicyclic amines) is 2. The van der Waals surface area contributed by atoms with Gasteiger partial charge in [-0.3, -0.25) is 14.5 Å². The Morgan fingerprint density at radius 2 is 1.54 bits per heavy atom. The maximum atomic E-state index is 13.4. The fourth-order valence-corrected chi connectivity index (χ4v) is 4.72. The summed E-state index contributed by atoms with van der Waals surface area (Å²) in [6.07, 6.45) is 1.31. The van der Waals surface area contributed by atoms with Crippen LogP contribution in [0.4, 0.5) is 9.59 Å². The van der Waals surface area contributed by atoms with Gasteiger partial charge < -0.3 is 19.7 Å². The van der Waals surface area contributed by atoms with Crippen LogP contribution in [0.1, 0.15) is 72.8 Å². The minimum atomic E-state index is -0.742. The van der Waals surface area contributed by atoms with Crippen LogP contribution in [0.5, 0.6) is 0 Å². The Bertz CT molecular complexity index is 966. The number of amides is 3. The van der Waals surface area contributed by atoms with Gasteiger partial charge >= 0.3 is 12.2 Å². The lowest BCUT2D eigenvalue weighted by Gasteiger charge is -2.43. The van der Waals surface area contributed by atoms with Gasteiger partial charge in [0.2, 0.25) is 5.91 Å². The molecular formula is C29H46N4O6. The fraction of sp³-hybridized carbons (Fsp3) is 0.690. The Kier molecular flexibility index (Phi) is 10.2. The first-order valence-electron chi connectivity index (χ1n) is 13.9. The molecule has 2 aliphatic rings. The molecule has 1 aromatic carbocycles. The minimum absolute atomic E-state index is 0.0689. The van der Waals surface area contributed by atoms with Crippen LogP contribution in [0.25, 0.3) is 0 Å². The van der Waals surface area contributed by atoms with Gasteiger partial charge in [-0.25, -0.2) is 9.59 Å². The molecule has 0 aliphatic carbocycles. The fourth-order valence-electron chi connectivity index (χ4n) is 4.72. The summed E-state index contributed by atoms with van der Waals surface area (Å²) < 4.78 is 11.3. The van der Waals surface area contributed by atoms with Crippen molar-refractivity contribution in [3.63, 3.8) is 0 Å². The number of ether oxygens (including phenoxy) is 2. The molecule has 0 bridgehead atoms. The van der Waals surface area contributed by atoms with Crippen LogP contribution >= 0.6 is 0 Å². The first kappa shape index (κ1) is 30.7. The van der Waals surface area contributed by atoms with Crippen molar-refractivity contribution in [2.24, 2.45) is 0 Å². The highest BCUT2D eigenvalue weighted by Gasteiger charge is 2.43. The van der Waals surface area contributed by atoms with E-state index in [0.29, 0.717) is 12.8 Å². The maximum absolute atomic E-state index is 13.4. The summed E-state index contributed by atoms with van der Waals surface area (Å²) in [6, 6.07) is 8.36. The summed E-state index contributed by atoms with van der Waals surface area (Å²) in [6.45, 7) is 12.8. The molecule has 0 aromatic heterocycles. The highest BCUT2D eigenvalue weighted by molar-refractivity contribution is 5.86. The van der Waals surface area contributed by atoms with Gasteiger partial charge in [0.15, 0.2) is 0 Å². The van der Waals surface area contributed by atoms with Gasteiger partial charge in [-0.15, -0.1) is 0 Å². The number of carbonyl (C=O) groups is 3. The zero-order valence-electron chi connectivity index (χ0n) is 24.6. The molecule has 1 N–H and O–H groups in total. The molecule has 39 heavy (non-hydrogen) atoms. The third kappa shape index (κ3) is 9.69. The van der Waals surface area contributed by atoms with Gasteiger partial charge in [0, 0.05) is 12.6 Å². The monoisotopic (exact) mass is 546 g/mol. The lowest BCUT2D eigenvalue weighted by atomic mass is 9.96. The lowest BCUT2D eigenvalue weighted by molar-refractivity contribution is -0.189. The van der Waals surface area contributed by atoms with Crippen LogP contribution in [0.3, 0.4) is 0 Å². The molecule has 2 aliphatic heterocycles. The molecule has 0 spiro atoms. The third-order valence-electron chi connectivity index (χ3n) is 6.67. The normalized spacial score (nSPS) is 21.3. The second-order valence-electron chi connectivity index (χ2n) is 12.5. The molecule has 0 unspecified atom stereocenters. The molecule has 2 fully saturated rings. The topological polar surface area (TPSA) is 101 Å². The van der Waals surface area contributed by atoms with Crippen molar-refractivity contribution in [2.75, 3.05) is 26.7 Å². The van der Waals surface area contributed by atoms with Crippen molar-refractivity contribution >= 4 is 18.1 Å². The second-order valence-corrected chi connectivity index (χ2v) is 12.5. The summed E-state index contributed by atoms with van der Waals surface area (Å²) in [5, 5.41) is 4.37. The summed E-state index contributed by atoms with van der Waals surface area (Å²) >= 11 is 0. The Balaban J connectivity index is 1.79. The summed E-state index contributed by atoms with van der Waals surface area (Å²) in [5.41, 5.74) is -0.587. The average Bonchev–Trinajstić information content (AvgIpc) is 2.84. The van der Waals surface area contributed by atoms with E-state index in [0.717, 1.165) is 31.5 Å². The van der Waals surface area contributed by atoms with E-state index >= 15 is 0 Å². The SMILES string of the molecule is CN1CCC(NC(=O)[C@@H]2CC[C@@H](N(OCc3ccccc3)C(=O)OC(C)(C)C)CN2C(=O)OC(C)(C)C)CC1.